The van der Waals surface area contributed by atoms with Gasteiger partial charge in [-0.15, -0.1) is 0 Å². The number of carbonyl (C=O) groups is 1. The molecule has 0 spiro atoms. The minimum Gasteiger partial charge on any atom is -0.399 e. The standard InChI is InChI=1S/C15H14FNO/c1-9-3-4-11(5-10(9)2)15(18)12-6-13(16)8-14(17)7-12/h3-8H,17H2,1-2H3. The molecule has 92 valence electrons. The van der Waals surface area contributed by atoms with E-state index in [2.05, 4.69) is 0 Å². The van der Waals surface area contributed by atoms with Crippen LogP contribution < -0.4 is 5.73 Å². The molecular weight excluding hydrogens is 229 g/mol. The van der Waals surface area contributed by atoms with Crippen molar-refractivity contribution in [3.05, 3.63) is 64.5 Å². The first kappa shape index (κ1) is 12.3. The van der Waals surface area contributed by atoms with Crippen LogP contribution in [0.1, 0.15) is 27.0 Å². The molecule has 18 heavy (non-hydrogen) atoms. The van der Waals surface area contributed by atoms with Crippen LogP contribution in [0.5, 0.6) is 0 Å². The first-order valence-corrected chi connectivity index (χ1v) is 5.65. The number of nitrogen functional groups attached to an aromatic ring is 1. The fraction of sp³-hybridized carbons (Fsp3) is 0.133. The van der Waals surface area contributed by atoms with E-state index in [1.165, 1.54) is 18.2 Å². The number of rotatable bonds is 2. The third kappa shape index (κ3) is 2.40. The lowest BCUT2D eigenvalue weighted by Gasteiger charge is -2.06. The molecule has 2 rings (SSSR count). The average Bonchev–Trinajstić information content (AvgIpc) is 2.30. The molecule has 0 bridgehead atoms. The topological polar surface area (TPSA) is 43.1 Å². The number of benzene rings is 2. The largest absolute Gasteiger partial charge is 0.399 e. The second-order valence-electron chi connectivity index (χ2n) is 4.40. The molecule has 0 aliphatic heterocycles. The Labute approximate surface area is 105 Å². The van der Waals surface area contributed by atoms with Crippen molar-refractivity contribution >= 4 is 11.5 Å². The molecule has 0 unspecified atom stereocenters. The summed E-state index contributed by atoms with van der Waals surface area (Å²) in [5.74, 6) is -0.716. The molecule has 3 heteroatoms. The highest BCUT2D eigenvalue weighted by Crippen LogP contribution is 2.17. The van der Waals surface area contributed by atoms with Crippen molar-refractivity contribution in [2.75, 3.05) is 5.73 Å². The van der Waals surface area contributed by atoms with Crippen molar-refractivity contribution in [1.29, 1.82) is 0 Å². The second kappa shape index (κ2) is 4.61. The lowest BCUT2D eigenvalue weighted by atomic mass is 9.99. The summed E-state index contributed by atoms with van der Waals surface area (Å²) >= 11 is 0. The molecule has 2 aromatic carbocycles. The molecule has 0 amide bonds. The van der Waals surface area contributed by atoms with Crippen LogP contribution in [-0.2, 0) is 0 Å². The Morgan fingerprint density at radius 1 is 1.00 bits per heavy atom. The SMILES string of the molecule is Cc1ccc(C(=O)c2cc(N)cc(F)c2)cc1C. The number of nitrogens with two attached hydrogens (primary N) is 1. The quantitative estimate of drug-likeness (QED) is 0.650. The second-order valence-corrected chi connectivity index (χ2v) is 4.40. The van der Waals surface area contributed by atoms with Crippen molar-refractivity contribution in [3.63, 3.8) is 0 Å². The summed E-state index contributed by atoms with van der Waals surface area (Å²) in [7, 11) is 0. The first-order chi connectivity index (χ1) is 8.47. The number of hydrogen-bond acceptors (Lipinski definition) is 2. The highest BCUT2D eigenvalue weighted by atomic mass is 19.1. The summed E-state index contributed by atoms with van der Waals surface area (Å²) in [5.41, 5.74) is 8.76. The molecule has 0 saturated heterocycles. The van der Waals surface area contributed by atoms with E-state index < -0.39 is 5.82 Å². The van der Waals surface area contributed by atoms with E-state index in [0.717, 1.165) is 11.1 Å². The van der Waals surface area contributed by atoms with E-state index in [-0.39, 0.29) is 17.0 Å². The van der Waals surface area contributed by atoms with E-state index in [9.17, 15) is 9.18 Å². The van der Waals surface area contributed by atoms with Crippen LogP contribution in [0.4, 0.5) is 10.1 Å². The summed E-state index contributed by atoms with van der Waals surface area (Å²) in [6.45, 7) is 3.91. The van der Waals surface area contributed by atoms with Crippen molar-refractivity contribution in [2.45, 2.75) is 13.8 Å². The number of halogens is 1. The molecule has 0 radical (unpaired) electrons. The normalized spacial score (nSPS) is 10.4. The van der Waals surface area contributed by atoms with E-state index >= 15 is 0 Å². The molecular formula is C15H14FNO. The number of hydrogen-bond donors (Lipinski definition) is 1. The number of aryl methyl sites for hydroxylation is 2. The summed E-state index contributed by atoms with van der Waals surface area (Å²) in [6, 6.07) is 9.31. The molecule has 2 N–H and O–H groups in total. The molecule has 0 fully saturated rings. The molecule has 0 aromatic heterocycles. The average molecular weight is 243 g/mol. The van der Waals surface area contributed by atoms with Crippen LogP contribution in [0.3, 0.4) is 0 Å². The fourth-order valence-corrected chi connectivity index (χ4v) is 1.79. The van der Waals surface area contributed by atoms with Gasteiger partial charge in [-0.05, 0) is 49.2 Å². The van der Waals surface area contributed by atoms with Gasteiger partial charge in [-0.25, -0.2) is 4.39 Å². The number of ketones is 1. The van der Waals surface area contributed by atoms with Gasteiger partial charge < -0.3 is 5.73 Å². The highest BCUT2D eigenvalue weighted by Gasteiger charge is 2.11. The van der Waals surface area contributed by atoms with Crippen molar-refractivity contribution in [1.82, 2.24) is 0 Å². The van der Waals surface area contributed by atoms with Crippen molar-refractivity contribution in [3.8, 4) is 0 Å². The zero-order valence-electron chi connectivity index (χ0n) is 10.3. The van der Waals surface area contributed by atoms with Crippen LogP contribution in [0.25, 0.3) is 0 Å². The highest BCUT2D eigenvalue weighted by molar-refractivity contribution is 6.09. The number of carbonyl (C=O) groups excluding carboxylic acids is 1. The van der Waals surface area contributed by atoms with E-state index in [1.807, 2.05) is 19.9 Å². The minimum absolute atomic E-state index is 0.218. The van der Waals surface area contributed by atoms with Gasteiger partial charge in [-0.2, -0.15) is 0 Å². The van der Waals surface area contributed by atoms with Gasteiger partial charge >= 0.3 is 0 Å². The fourth-order valence-electron chi connectivity index (χ4n) is 1.79. The molecule has 0 aliphatic rings. The number of anilines is 1. The first-order valence-electron chi connectivity index (χ1n) is 5.65. The maximum absolute atomic E-state index is 13.2. The van der Waals surface area contributed by atoms with Gasteiger partial charge in [-0.1, -0.05) is 12.1 Å². The van der Waals surface area contributed by atoms with Crippen LogP contribution >= 0.6 is 0 Å². The Balaban J connectivity index is 2.44. The van der Waals surface area contributed by atoms with Crippen LogP contribution in [0, 0.1) is 19.7 Å². The summed E-state index contributed by atoms with van der Waals surface area (Å²) < 4.78 is 13.2. The molecule has 0 heterocycles. The Hall–Kier alpha value is -2.16. The van der Waals surface area contributed by atoms with Crippen molar-refractivity contribution in [2.24, 2.45) is 0 Å². The minimum atomic E-state index is -0.498. The zero-order chi connectivity index (χ0) is 13.3. The zero-order valence-corrected chi connectivity index (χ0v) is 10.3. The Morgan fingerprint density at radius 3 is 2.33 bits per heavy atom. The van der Waals surface area contributed by atoms with Gasteiger partial charge in [0, 0.05) is 16.8 Å². The molecule has 0 aliphatic carbocycles. The van der Waals surface area contributed by atoms with Crippen molar-refractivity contribution < 1.29 is 9.18 Å². The van der Waals surface area contributed by atoms with Crippen LogP contribution in [0.2, 0.25) is 0 Å². The molecule has 2 nitrogen and oxygen atoms in total. The Kier molecular flexibility index (Phi) is 3.15. The lowest BCUT2D eigenvalue weighted by Crippen LogP contribution is -2.04. The predicted octanol–water partition coefficient (Wildman–Crippen LogP) is 3.26. The molecule has 2 aromatic rings. The van der Waals surface area contributed by atoms with Gasteiger partial charge in [-0.3, -0.25) is 4.79 Å². The maximum atomic E-state index is 13.2. The Morgan fingerprint density at radius 2 is 1.72 bits per heavy atom. The van der Waals surface area contributed by atoms with Gasteiger partial charge in [0.25, 0.3) is 0 Å². The molecule has 0 saturated carbocycles. The third-order valence-corrected chi connectivity index (χ3v) is 2.95. The van der Waals surface area contributed by atoms with Gasteiger partial charge in [0.15, 0.2) is 5.78 Å². The predicted molar refractivity (Wildman–Crippen MR) is 70.2 cm³/mol. The smallest absolute Gasteiger partial charge is 0.193 e. The monoisotopic (exact) mass is 243 g/mol. The van der Waals surface area contributed by atoms with Crippen LogP contribution in [0.15, 0.2) is 36.4 Å². The maximum Gasteiger partial charge on any atom is 0.193 e. The summed E-state index contributed by atoms with van der Waals surface area (Å²) in [6.07, 6.45) is 0. The van der Waals surface area contributed by atoms with E-state index in [4.69, 9.17) is 5.73 Å². The van der Waals surface area contributed by atoms with Gasteiger partial charge in [0.1, 0.15) is 5.82 Å². The van der Waals surface area contributed by atoms with Gasteiger partial charge in [0.05, 0.1) is 0 Å². The Bertz CT molecular complexity index is 600. The van der Waals surface area contributed by atoms with Crippen LogP contribution in [-0.4, -0.2) is 5.78 Å². The summed E-state index contributed by atoms with van der Waals surface area (Å²) in [4.78, 5) is 12.2. The third-order valence-electron chi connectivity index (χ3n) is 2.95. The summed E-state index contributed by atoms with van der Waals surface area (Å²) in [5, 5.41) is 0. The molecule has 0 atom stereocenters. The lowest BCUT2D eigenvalue weighted by molar-refractivity contribution is 0.103. The van der Waals surface area contributed by atoms with E-state index in [0.29, 0.717) is 5.56 Å². The van der Waals surface area contributed by atoms with Gasteiger partial charge in [0.2, 0.25) is 0 Å². The van der Waals surface area contributed by atoms with E-state index in [1.54, 1.807) is 12.1 Å².